The topological polar surface area (TPSA) is 90.6 Å². The average Bonchev–Trinajstić information content (AvgIpc) is 3.11. The van der Waals surface area contributed by atoms with Crippen LogP contribution in [-0.2, 0) is 0 Å². The van der Waals surface area contributed by atoms with Gasteiger partial charge >= 0.3 is 0 Å². The first kappa shape index (κ1) is 16.4. The average molecular weight is 312 g/mol. The van der Waals surface area contributed by atoms with E-state index in [0.29, 0.717) is 17.0 Å². The van der Waals surface area contributed by atoms with Crippen molar-refractivity contribution >= 4 is 5.82 Å². The third kappa shape index (κ3) is 3.63. The molecule has 0 aliphatic carbocycles. The van der Waals surface area contributed by atoms with Gasteiger partial charge in [-0.15, -0.1) is 10.2 Å². The van der Waals surface area contributed by atoms with E-state index in [1.807, 2.05) is 51.0 Å². The number of anilines is 1. The molecule has 0 atom stereocenters. The predicted octanol–water partition coefficient (Wildman–Crippen LogP) is 2.31. The molecule has 0 unspecified atom stereocenters. The van der Waals surface area contributed by atoms with Crippen molar-refractivity contribution in [3.05, 3.63) is 47.0 Å². The third-order valence-electron chi connectivity index (χ3n) is 3.10. The number of hydrogen-bond acceptors (Lipinski definition) is 5. The lowest BCUT2D eigenvalue weighted by Crippen LogP contribution is -2.12. The summed E-state index contributed by atoms with van der Waals surface area (Å²) in [6, 6.07) is 7.24. The lowest BCUT2D eigenvalue weighted by atomic mass is 10.1. The summed E-state index contributed by atoms with van der Waals surface area (Å²) in [5, 5.41) is 14.7. The maximum Gasteiger partial charge on any atom is 0.256 e. The van der Waals surface area contributed by atoms with Crippen LogP contribution in [0.15, 0.2) is 41.5 Å². The van der Waals surface area contributed by atoms with Crippen molar-refractivity contribution in [2.45, 2.75) is 13.8 Å². The van der Waals surface area contributed by atoms with Gasteiger partial charge in [0.05, 0.1) is 17.5 Å². The predicted molar refractivity (Wildman–Crippen MR) is 91.3 cm³/mol. The first-order valence-corrected chi connectivity index (χ1v) is 7.39. The van der Waals surface area contributed by atoms with Crippen LogP contribution in [0.4, 0.5) is 5.82 Å². The van der Waals surface area contributed by atoms with Gasteiger partial charge in [0.25, 0.3) is 5.56 Å². The van der Waals surface area contributed by atoms with Crippen LogP contribution < -0.4 is 10.5 Å². The van der Waals surface area contributed by atoms with Crippen LogP contribution in [-0.4, -0.2) is 39.5 Å². The molecule has 0 saturated carbocycles. The Morgan fingerprint density at radius 2 is 1.83 bits per heavy atom. The number of nitrogens with zero attached hydrogens (tertiary/aromatic N) is 4. The second-order valence-corrected chi connectivity index (χ2v) is 4.77. The molecule has 0 fully saturated rings. The van der Waals surface area contributed by atoms with Gasteiger partial charge < -0.3 is 9.88 Å². The highest BCUT2D eigenvalue weighted by atomic mass is 16.1. The van der Waals surface area contributed by atoms with Crippen LogP contribution in [0, 0.1) is 0 Å². The summed E-state index contributed by atoms with van der Waals surface area (Å²) in [4.78, 5) is 16.8. The molecule has 0 radical (unpaired) electrons. The number of aromatic amines is 2. The van der Waals surface area contributed by atoms with Crippen molar-refractivity contribution < 1.29 is 0 Å². The van der Waals surface area contributed by atoms with Crippen LogP contribution in [0.25, 0.3) is 22.5 Å². The van der Waals surface area contributed by atoms with E-state index in [4.69, 9.17) is 0 Å². The highest BCUT2D eigenvalue weighted by Gasteiger charge is 2.08. The largest absolute Gasteiger partial charge is 0.361 e. The third-order valence-corrected chi connectivity index (χ3v) is 3.10. The minimum Gasteiger partial charge on any atom is -0.361 e. The van der Waals surface area contributed by atoms with E-state index < -0.39 is 0 Å². The molecule has 0 saturated heterocycles. The van der Waals surface area contributed by atoms with Gasteiger partial charge in [-0.2, -0.15) is 5.10 Å². The molecule has 120 valence electrons. The van der Waals surface area contributed by atoms with E-state index in [9.17, 15) is 4.79 Å². The van der Waals surface area contributed by atoms with E-state index in [-0.39, 0.29) is 5.56 Å². The van der Waals surface area contributed by atoms with Crippen molar-refractivity contribution in [2.24, 2.45) is 0 Å². The van der Waals surface area contributed by atoms with Crippen LogP contribution in [0.2, 0.25) is 0 Å². The zero-order chi connectivity index (χ0) is 16.8. The zero-order valence-electron chi connectivity index (χ0n) is 13.7. The summed E-state index contributed by atoms with van der Waals surface area (Å²) < 4.78 is 0. The minimum absolute atomic E-state index is 0.188. The fraction of sp³-hybridized carbons (Fsp3) is 0.250. The Morgan fingerprint density at radius 1 is 1.04 bits per heavy atom. The molecular weight excluding hydrogens is 292 g/mol. The van der Waals surface area contributed by atoms with Gasteiger partial charge in [-0.1, -0.05) is 13.8 Å². The fourth-order valence-corrected chi connectivity index (χ4v) is 1.96. The molecule has 0 aliphatic heterocycles. The van der Waals surface area contributed by atoms with Gasteiger partial charge in [-0.3, -0.25) is 9.89 Å². The van der Waals surface area contributed by atoms with Crippen LogP contribution >= 0.6 is 0 Å². The first-order chi connectivity index (χ1) is 11.1. The summed E-state index contributed by atoms with van der Waals surface area (Å²) in [6.45, 7) is 4.00. The number of nitrogens with one attached hydrogen (secondary N) is 2. The lowest BCUT2D eigenvalue weighted by Gasteiger charge is -2.10. The monoisotopic (exact) mass is 312 g/mol. The van der Waals surface area contributed by atoms with Crippen LogP contribution in [0.5, 0.6) is 0 Å². The summed E-state index contributed by atoms with van der Waals surface area (Å²) in [7, 11) is 3.79. The maximum absolute atomic E-state index is 12.1. The van der Waals surface area contributed by atoms with Gasteiger partial charge in [0.15, 0.2) is 5.82 Å². The van der Waals surface area contributed by atoms with Gasteiger partial charge in [0.2, 0.25) is 0 Å². The summed E-state index contributed by atoms with van der Waals surface area (Å²) in [5.74, 6) is 0.760. The minimum atomic E-state index is -0.188. The molecule has 0 aromatic carbocycles. The van der Waals surface area contributed by atoms with Crippen molar-refractivity contribution in [1.82, 2.24) is 25.4 Å². The van der Waals surface area contributed by atoms with Crippen molar-refractivity contribution in [3.8, 4) is 22.5 Å². The molecule has 7 heteroatoms. The molecule has 0 amide bonds. The Labute approximate surface area is 134 Å². The standard InChI is InChI=1S/C14H14N6O.C2H6/c1-20(2)13-6-5-12(18-19-13)11-4-3-10(14(21)17-11)9-7-15-16-8-9;1-2/h3-8H,1-2H3,(H,15,16)(H,17,21);1-2H3. The lowest BCUT2D eigenvalue weighted by molar-refractivity contribution is 0.964. The van der Waals surface area contributed by atoms with E-state index in [2.05, 4.69) is 25.4 Å². The second-order valence-electron chi connectivity index (χ2n) is 4.77. The zero-order valence-corrected chi connectivity index (χ0v) is 13.7. The molecule has 0 aliphatic rings. The van der Waals surface area contributed by atoms with Crippen molar-refractivity contribution in [1.29, 1.82) is 0 Å². The highest BCUT2D eigenvalue weighted by molar-refractivity contribution is 5.64. The molecule has 0 bridgehead atoms. The summed E-state index contributed by atoms with van der Waals surface area (Å²) >= 11 is 0. The Balaban J connectivity index is 0.000000924. The second kappa shape index (κ2) is 7.35. The number of rotatable bonds is 3. The Kier molecular flexibility index (Phi) is 5.24. The van der Waals surface area contributed by atoms with Crippen LogP contribution in [0.3, 0.4) is 0 Å². The molecule has 23 heavy (non-hydrogen) atoms. The molecular formula is C16H20N6O. The van der Waals surface area contributed by atoms with Gasteiger partial charge in [0, 0.05) is 25.9 Å². The number of aromatic nitrogens is 5. The molecule has 3 heterocycles. The first-order valence-electron chi connectivity index (χ1n) is 7.39. The molecule has 3 rings (SSSR count). The Hall–Kier alpha value is -2.96. The van der Waals surface area contributed by atoms with Gasteiger partial charge in [0.1, 0.15) is 5.69 Å². The summed E-state index contributed by atoms with van der Waals surface area (Å²) in [6.07, 6.45) is 3.28. The Morgan fingerprint density at radius 3 is 2.35 bits per heavy atom. The maximum atomic E-state index is 12.1. The van der Waals surface area contributed by atoms with Gasteiger partial charge in [-0.25, -0.2) is 0 Å². The molecule has 3 aromatic heterocycles. The van der Waals surface area contributed by atoms with E-state index >= 15 is 0 Å². The van der Waals surface area contributed by atoms with E-state index in [1.165, 1.54) is 0 Å². The molecule has 7 nitrogen and oxygen atoms in total. The molecule has 2 N–H and O–H groups in total. The molecule has 0 spiro atoms. The van der Waals surface area contributed by atoms with Crippen molar-refractivity contribution in [3.63, 3.8) is 0 Å². The Bertz CT molecular complexity index is 790. The smallest absolute Gasteiger partial charge is 0.256 e. The van der Waals surface area contributed by atoms with Crippen LogP contribution in [0.1, 0.15) is 13.8 Å². The quantitative estimate of drug-likeness (QED) is 0.774. The van der Waals surface area contributed by atoms with E-state index in [1.54, 1.807) is 18.5 Å². The van der Waals surface area contributed by atoms with E-state index in [0.717, 1.165) is 11.4 Å². The number of pyridine rings is 1. The SMILES string of the molecule is CC.CN(C)c1ccc(-c2ccc(-c3cn[nH]c3)c(=O)[nH]2)nn1. The number of H-pyrrole nitrogens is 2. The normalized spacial score (nSPS) is 9.91. The molecule has 3 aromatic rings. The fourth-order valence-electron chi connectivity index (χ4n) is 1.96. The summed E-state index contributed by atoms with van der Waals surface area (Å²) in [5.41, 5.74) is 2.37. The van der Waals surface area contributed by atoms with Gasteiger partial charge in [-0.05, 0) is 24.3 Å². The number of hydrogen-bond donors (Lipinski definition) is 2. The highest BCUT2D eigenvalue weighted by Crippen LogP contribution is 2.18. The van der Waals surface area contributed by atoms with Crippen molar-refractivity contribution in [2.75, 3.05) is 19.0 Å².